The van der Waals surface area contributed by atoms with Crippen molar-refractivity contribution in [1.82, 2.24) is 9.80 Å². The van der Waals surface area contributed by atoms with Crippen molar-refractivity contribution in [3.05, 3.63) is 29.8 Å². The van der Waals surface area contributed by atoms with E-state index < -0.39 is 0 Å². The zero-order chi connectivity index (χ0) is 17.0. The summed E-state index contributed by atoms with van der Waals surface area (Å²) in [4.78, 5) is 19.3. The van der Waals surface area contributed by atoms with Crippen LogP contribution in [0.5, 0.6) is 0 Å². The molecule has 0 spiro atoms. The lowest BCUT2D eigenvalue weighted by molar-refractivity contribution is -0.134. The Morgan fingerprint density at radius 1 is 1.22 bits per heavy atom. The van der Waals surface area contributed by atoms with Gasteiger partial charge in [-0.25, -0.2) is 0 Å². The molecule has 1 atom stereocenters. The Morgan fingerprint density at radius 3 is 2.39 bits per heavy atom. The van der Waals surface area contributed by atoms with Gasteiger partial charge in [0, 0.05) is 51.5 Å². The van der Waals surface area contributed by atoms with E-state index in [9.17, 15) is 4.79 Å². The van der Waals surface area contributed by atoms with Gasteiger partial charge in [0.25, 0.3) is 0 Å². The van der Waals surface area contributed by atoms with Gasteiger partial charge in [-0.05, 0) is 38.0 Å². The summed E-state index contributed by atoms with van der Waals surface area (Å²) in [5, 5.41) is 0. The third-order valence-electron chi connectivity index (χ3n) is 4.82. The normalized spacial score (nSPS) is 19.2. The van der Waals surface area contributed by atoms with Crippen LogP contribution >= 0.6 is 0 Å². The van der Waals surface area contributed by atoms with Gasteiger partial charge in [0.15, 0.2) is 0 Å². The van der Waals surface area contributed by atoms with Crippen molar-refractivity contribution in [3.8, 4) is 0 Å². The topological polar surface area (TPSA) is 26.8 Å². The smallest absolute Gasteiger partial charge is 0.227 e. The molecule has 0 unspecified atom stereocenters. The van der Waals surface area contributed by atoms with Crippen LogP contribution in [0.4, 0.5) is 5.69 Å². The number of nitrogens with zero attached hydrogens (tertiary/aromatic N) is 3. The maximum absolute atomic E-state index is 12.6. The van der Waals surface area contributed by atoms with Gasteiger partial charge in [0.1, 0.15) is 0 Å². The number of piperazine rings is 1. The Balaban J connectivity index is 1.95. The Labute approximate surface area is 141 Å². The van der Waals surface area contributed by atoms with Crippen LogP contribution in [-0.2, 0) is 11.2 Å². The predicted octanol–water partition coefficient (Wildman–Crippen LogP) is 2.63. The fourth-order valence-electron chi connectivity index (χ4n) is 3.34. The van der Waals surface area contributed by atoms with Crippen molar-refractivity contribution >= 4 is 11.6 Å². The summed E-state index contributed by atoms with van der Waals surface area (Å²) >= 11 is 0. The van der Waals surface area contributed by atoms with Crippen molar-refractivity contribution in [2.45, 2.75) is 45.7 Å². The third kappa shape index (κ3) is 4.47. The van der Waals surface area contributed by atoms with E-state index in [2.05, 4.69) is 54.8 Å². The molecule has 1 heterocycles. The van der Waals surface area contributed by atoms with E-state index in [1.165, 1.54) is 0 Å². The van der Waals surface area contributed by atoms with Crippen molar-refractivity contribution in [3.63, 3.8) is 0 Å². The van der Waals surface area contributed by atoms with Gasteiger partial charge in [0.2, 0.25) is 5.91 Å². The molecule has 2 rings (SSSR count). The molecular weight excluding hydrogens is 286 g/mol. The first-order valence-electron chi connectivity index (χ1n) is 8.72. The molecule has 0 radical (unpaired) electrons. The molecule has 1 aliphatic heterocycles. The summed E-state index contributed by atoms with van der Waals surface area (Å²) in [7, 11) is 4.05. The maximum Gasteiger partial charge on any atom is 0.227 e. The molecule has 4 nitrogen and oxygen atoms in total. The van der Waals surface area contributed by atoms with Gasteiger partial charge in [-0.15, -0.1) is 0 Å². The van der Waals surface area contributed by atoms with Crippen LogP contribution in [0.1, 0.15) is 32.8 Å². The van der Waals surface area contributed by atoms with E-state index in [0.717, 1.165) is 37.3 Å². The highest BCUT2D eigenvalue weighted by molar-refractivity contribution is 5.79. The van der Waals surface area contributed by atoms with E-state index in [4.69, 9.17) is 0 Å². The number of benzene rings is 1. The lowest BCUT2D eigenvalue weighted by Crippen LogP contribution is -2.56. The van der Waals surface area contributed by atoms with Crippen molar-refractivity contribution in [1.29, 1.82) is 0 Å². The van der Waals surface area contributed by atoms with Gasteiger partial charge in [-0.1, -0.05) is 19.1 Å². The zero-order valence-corrected chi connectivity index (χ0v) is 15.2. The molecule has 0 aromatic heterocycles. The van der Waals surface area contributed by atoms with Gasteiger partial charge in [-0.2, -0.15) is 0 Å². The highest BCUT2D eigenvalue weighted by Crippen LogP contribution is 2.18. The molecule has 1 aromatic rings. The zero-order valence-electron chi connectivity index (χ0n) is 15.2. The van der Waals surface area contributed by atoms with Crippen LogP contribution in [-0.4, -0.2) is 61.5 Å². The number of carbonyl (C=O) groups is 1. The minimum atomic E-state index is 0.254. The molecule has 1 saturated heterocycles. The predicted molar refractivity (Wildman–Crippen MR) is 97.0 cm³/mol. The Hall–Kier alpha value is -1.55. The molecule has 128 valence electrons. The molecule has 0 bridgehead atoms. The number of rotatable bonds is 5. The highest BCUT2D eigenvalue weighted by atomic mass is 16.2. The molecule has 0 aliphatic carbocycles. The first-order chi connectivity index (χ1) is 10.9. The lowest BCUT2D eigenvalue weighted by Gasteiger charge is -2.43. The highest BCUT2D eigenvalue weighted by Gasteiger charge is 2.29. The van der Waals surface area contributed by atoms with Crippen LogP contribution in [0, 0.1) is 0 Å². The minimum absolute atomic E-state index is 0.254. The molecule has 1 fully saturated rings. The molecule has 0 N–H and O–H groups in total. The van der Waals surface area contributed by atoms with E-state index in [1.807, 2.05) is 19.0 Å². The second-order valence-electron chi connectivity index (χ2n) is 6.97. The van der Waals surface area contributed by atoms with Gasteiger partial charge >= 0.3 is 0 Å². The second kappa shape index (κ2) is 7.82. The Bertz CT molecular complexity index is 510. The Kier molecular flexibility index (Phi) is 6.05. The summed E-state index contributed by atoms with van der Waals surface area (Å²) in [6.45, 7) is 9.40. The fraction of sp³-hybridized carbons (Fsp3) is 0.632. The van der Waals surface area contributed by atoms with Crippen molar-refractivity contribution < 1.29 is 4.79 Å². The maximum atomic E-state index is 12.6. The van der Waals surface area contributed by atoms with E-state index >= 15 is 0 Å². The van der Waals surface area contributed by atoms with Gasteiger partial charge in [0.05, 0.1) is 6.42 Å². The first-order valence-corrected chi connectivity index (χ1v) is 8.72. The van der Waals surface area contributed by atoms with Crippen LogP contribution < -0.4 is 4.90 Å². The number of carbonyl (C=O) groups excluding carboxylic acids is 1. The van der Waals surface area contributed by atoms with Crippen LogP contribution in [0.2, 0.25) is 0 Å². The molecule has 23 heavy (non-hydrogen) atoms. The number of anilines is 1. The molecule has 1 aromatic carbocycles. The Morgan fingerprint density at radius 2 is 1.87 bits per heavy atom. The molecule has 0 saturated carbocycles. The lowest BCUT2D eigenvalue weighted by atomic mass is 10.1. The number of hydrogen-bond acceptors (Lipinski definition) is 3. The van der Waals surface area contributed by atoms with E-state index in [0.29, 0.717) is 18.5 Å². The van der Waals surface area contributed by atoms with E-state index in [1.54, 1.807) is 0 Å². The van der Waals surface area contributed by atoms with Gasteiger partial charge < -0.3 is 9.80 Å². The third-order valence-corrected chi connectivity index (χ3v) is 4.82. The first kappa shape index (κ1) is 17.8. The molecule has 1 aliphatic rings. The average Bonchev–Trinajstić information content (AvgIpc) is 2.54. The summed E-state index contributed by atoms with van der Waals surface area (Å²) < 4.78 is 0. The minimum Gasteiger partial charge on any atom is -0.378 e. The molecule has 1 amide bonds. The SMILES string of the molecule is CC[C@H]1CN(C(=O)Cc2ccc(N(C)C)cc2)CCN1C(C)C. The van der Waals surface area contributed by atoms with E-state index in [-0.39, 0.29) is 5.91 Å². The van der Waals surface area contributed by atoms with Gasteiger partial charge in [-0.3, -0.25) is 9.69 Å². The average molecular weight is 317 g/mol. The molecule has 4 heteroatoms. The van der Waals surface area contributed by atoms with Crippen LogP contribution in [0.3, 0.4) is 0 Å². The fourth-order valence-corrected chi connectivity index (χ4v) is 3.34. The summed E-state index contributed by atoms with van der Waals surface area (Å²) in [6.07, 6.45) is 1.60. The number of hydrogen-bond donors (Lipinski definition) is 0. The molecular formula is C19H31N3O. The van der Waals surface area contributed by atoms with Crippen molar-refractivity contribution in [2.75, 3.05) is 38.6 Å². The van der Waals surface area contributed by atoms with Crippen LogP contribution in [0.15, 0.2) is 24.3 Å². The largest absolute Gasteiger partial charge is 0.378 e. The summed E-state index contributed by atoms with van der Waals surface area (Å²) in [5.74, 6) is 0.254. The summed E-state index contributed by atoms with van der Waals surface area (Å²) in [5.41, 5.74) is 2.26. The standard InChI is InChI=1S/C19H31N3O/c1-6-17-14-21(11-12-22(17)15(2)3)19(23)13-16-7-9-18(10-8-16)20(4)5/h7-10,15,17H,6,11-14H2,1-5H3/t17-/m0/s1. The quantitative estimate of drug-likeness (QED) is 0.835. The monoisotopic (exact) mass is 317 g/mol. The number of amides is 1. The van der Waals surface area contributed by atoms with Crippen molar-refractivity contribution in [2.24, 2.45) is 0 Å². The summed E-state index contributed by atoms with van der Waals surface area (Å²) in [6, 6.07) is 9.33. The second-order valence-corrected chi connectivity index (χ2v) is 6.97. The van der Waals surface area contributed by atoms with Crippen LogP contribution in [0.25, 0.3) is 0 Å².